The number of likely N-dealkylation sites (N-methyl/N-ethyl adjacent to an activating group) is 1. The van der Waals surface area contributed by atoms with Crippen LogP contribution in [-0.4, -0.2) is 43.5 Å². The average molecular weight is 269 g/mol. The van der Waals surface area contributed by atoms with E-state index < -0.39 is 0 Å². The molecule has 0 saturated heterocycles. The summed E-state index contributed by atoms with van der Waals surface area (Å²) in [6, 6.07) is 4.69. The van der Waals surface area contributed by atoms with E-state index >= 15 is 0 Å². The van der Waals surface area contributed by atoms with Gasteiger partial charge in [0.25, 0.3) is 0 Å². The molecule has 1 rings (SSSR count). The number of nitrogens with zero attached hydrogens (tertiary/aromatic N) is 1. The number of carbonyl (C=O) groups is 1. The molecule has 18 heavy (non-hydrogen) atoms. The summed E-state index contributed by atoms with van der Waals surface area (Å²) in [6.07, 6.45) is 1.46. The Labute approximate surface area is 113 Å². The summed E-state index contributed by atoms with van der Waals surface area (Å²) in [7, 11) is 3.70. The predicted molar refractivity (Wildman–Crippen MR) is 76.8 cm³/mol. The van der Waals surface area contributed by atoms with Crippen molar-refractivity contribution in [1.29, 1.82) is 0 Å². The minimum Gasteiger partial charge on any atom is -0.359 e. The highest BCUT2D eigenvalue weighted by molar-refractivity contribution is 7.09. The first-order valence-electron chi connectivity index (χ1n) is 6.23. The first-order valence-corrected chi connectivity index (χ1v) is 7.11. The lowest BCUT2D eigenvalue weighted by Crippen LogP contribution is -2.46. The van der Waals surface area contributed by atoms with Crippen molar-refractivity contribution in [1.82, 2.24) is 10.2 Å². The molecule has 3 N–H and O–H groups in total. The summed E-state index contributed by atoms with van der Waals surface area (Å²) >= 11 is 1.77. The predicted octanol–water partition coefficient (Wildman–Crippen LogP) is 1.07. The van der Waals surface area contributed by atoms with Crippen LogP contribution in [0.4, 0.5) is 0 Å². The lowest BCUT2D eigenvalue weighted by molar-refractivity contribution is -0.121. The highest BCUT2D eigenvalue weighted by Gasteiger charge is 2.21. The van der Waals surface area contributed by atoms with E-state index in [4.69, 9.17) is 5.73 Å². The Morgan fingerprint density at radius 1 is 1.61 bits per heavy atom. The number of amides is 1. The molecule has 0 bridgehead atoms. The average Bonchev–Trinajstić information content (AvgIpc) is 2.87. The SMILES string of the molecule is CNC(=O)CC(CN)N(C)C(C)Cc1cccs1. The van der Waals surface area contributed by atoms with Gasteiger partial charge in [-0.15, -0.1) is 11.3 Å². The standard InChI is InChI=1S/C13H23N3OS/c1-10(7-12-5-4-6-18-12)16(3)11(9-14)8-13(17)15-2/h4-6,10-11H,7-9,14H2,1-3H3,(H,15,17). The number of rotatable bonds is 7. The fourth-order valence-electron chi connectivity index (χ4n) is 1.93. The van der Waals surface area contributed by atoms with Crippen LogP contribution in [0.1, 0.15) is 18.2 Å². The van der Waals surface area contributed by atoms with Crippen LogP contribution >= 0.6 is 11.3 Å². The van der Waals surface area contributed by atoms with Crippen LogP contribution in [0.25, 0.3) is 0 Å². The zero-order chi connectivity index (χ0) is 13.5. The van der Waals surface area contributed by atoms with Crippen molar-refractivity contribution in [3.63, 3.8) is 0 Å². The second kappa shape index (κ2) is 7.51. The second-order valence-electron chi connectivity index (χ2n) is 4.56. The molecular weight excluding hydrogens is 246 g/mol. The number of nitrogens with two attached hydrogens (primary N) is 1. The Morgan fingerprint density at radius 3 is 2.83 bits per heavy atom. The van der Waals surface area contributed by atoms with Crippen LogP contribution in [-0.2, 0) is 11.2 Å². The van der Waals surface area contributed by atoms with Gasteiger partial charge in [-0.05, 0) is 31.8 Å². The van der Waals surface area contributed by atoms with Gasteiger partial charge in [0.1, 0.15) is 0 Å². The Bertz CT molecular complexity index is 353. The third-order valence-electron chi connectivity index (χ3n) is 3.32. The van der Waals surface area contributed by atoms with E-state index in [1.807, 2.05) is 7.05 Å². The Hall–Kier alpha value is -0.910. The highest BCUT2D eigenvalue weighted by atomic mass is 32.1. The molecule has 0 fully saturated rings. The fraction of sp³-hybridized carbons (Fsp3) is 0.615. The molecule has 1 heterocycles. The molecule has 0 spiro atoms. The second-order valence-corrected chi connectivity index (χ2v) is 5.60. The molecule has 2 unspecified atom stereocenters. The summed E-state index contributed by atoms with van der Waals surface area (Å²) in [6.45, 7) is 2.67. The van der Waals surface area contributed by atoms with Crippen molar-refractivity contribution in [2.45, 2.75) is 31.8 Å². The van der Waals surface area contributed by atoms with Crippen LogP contribution in [0.3, 0.4) is 0 Å². The molecule has 0 aliphatic carbocycles. The van der Waals surface area contributed by atoms with Crippen molar-refractivity contribution in [2.24, 2.45) is 5.73 Å². The number of hydrogen-bond donors (Lipinski definition) is 2. The van der Waals surface area contributed by atoms with Crippen LogP contribution in [0.5, 0.6) is 0 Å². The third kappa shape index (κ3) is 4.40. The van der Waals surface area contributed by atoms with Crippen molar-refractivity contribution < 1.29 is 4.79 Å². The maximum Gasteiger partial charge on any atom is 0.221 e. The molecule has 0 saturated carbocycles. The van der Waals surface area contributed by atoms with Gasteiger partial charge < -0.3 is 11.1 Å². The molecule has 0 aromatic carbocycles. The van der Waals surface area contributed by atoms with Gasteiger partial charge in [-0.2, -0.15) is 0 Å². The third-order valence-corrected chi connectivity index (χ3v) is 4.22. The molecule has 4 nitrogen and oxygen atoms in total. The van der Waals surface area contributed by atoms with Crippen molar-refractivity contribution in [3.05, 3.63) is 22.4 Å². The smallest absolute Gasteiger partial charge is 0.221 e. The zero-order valence-corrected chi connectivity index (χ0v) is 12.2. The molecule has 0 aliphatic heterocycles. The van der Waals surface area contributed by atoms with Crippen LogP contribution in [0.15, 0.2) is 17.5 Å². The Balaban J connectivity index is 2.54. The Morgan fingerprint density at radius 2 is 2.33 bits per heavy atom. The van der Waals surface area contributed by atoms with Gasteiger partial charge in [-0.3, -0.25) is 9.69 Å². The van der Waals surface area contributed by atoms with Gasteiger partial charge in [0.2, 0.25) is 5.91 Å². The van der Waals surface area contributed by atoms with Crippen molar-refractivity contribution >= 4 is 17.2 Å². The zero-order valence-electron chi connectivity index (χ0n) is 11.3. The minimum absolute atomic E-state index is 0.0422. The van der Waals surface area contributed by atoms with E-state index in [9.17, 15) is 4.79 Å². The topological polar surface area (TPSA) is 58.4 Å². The van der Waals surface area contributed by atoms with Gasteiger partial charge in [0.05, 0.1) is 0 Å². The van der Waals surface area contributed by atoms with Crippen molar-refractivity contribution in [3.8, 4) is 0 Å². The number of carbonyl (C=O) groups excluding carboxylic acids is 1. The summed E-state index contributed by atoms with van der Waals surface area (Å²) < 4.78 is 0. The van der Waals surface area contributed by atoms with Crippen molar-refractivity contribution in [2.75, 3.05) is 20.6 Å². The maximum atomic E-state index is 11.4. The molecule has 0 aliphatic rings. The number of nitrogens with one attached hydrogen (secondary N) is 1. The van der Waals surface area contributed by atoms with E-state index in [1.54, 1.807) is 18.4 Å². The molecule has 1 amide bonds. The molecule has 102 valence electrons. The van der Waals surface area contributed by atoms with Crippen LogP contribution in [0, 0.1) is 0 Å². The van der Waals surface area contributed by atoms with E-state index in [0.29, 0.717) is 19.0 Å². The largest absolute Gasteiger partial charge is 0.359 e. The van der Waals surface area contributed by atoms with Crippen LogP contribution < -0.4 is 11.1 Å². The molecule has 2 atom stereocenters. The quantitative estimate of drug-likeness (QED) is 0.778. The molecular formula is C13H23N3OS. The molecule has 1 aromatic rings. The van der Waals surface area contributed by atoms with E-state index in [-0.39, 0.29) is 11.9 Å². The highest BCUT2D eigenvalue weighted by Crippen LogP contribution is 2.15. The Kier molecular flexibility index (Phi) is 6.32. The summed E-state index contributed by atoms with van der Waals surface area (Å²) in [5.74, 6) is 0.0422. The number of thiophene rings is 1. The van der Waals surface area contributed by atoms with E-state index in [1.165, 1.54) is 4.88 Å². The van der Waals surface area contributed by atoms with Crippen LogP contribution in [0.2, 0.25) is 0 Å². The van der Waals surface area contributed by atoms with Gasteiger partial charge in [-0.25, -0.2) is 0 Å². The van der Waals surface area contributed by atoms with Gasteiger partial charge in [0.15, 0.2) is 0 Å². The van der Waals surface area contributed by atoms with E-state index in [0.717, 1.165) is 6.42 Å². The fourth-order valence-corrected chi connectivity index (χ4v) is 2.76. The molecule has 5 heteroatoms. The minimum atomic E-state index is 0.0422. The van der Waals surface area contributed by atoms with Gasteiger partial charge in [0, 0.05) is 37.0 Å². The summed E-state index contributed by atoms with van der Waals surface area (Å²) in [5.41, 5.74) is 5.77. The van der Waals surface area contributed by atoms with Gasteiger partial charge in [-0.1, -0.05) is 6.07 Å². The first kappa shape index (κ1) is 15.1. The lowest BCUT2D eigenvalue weighted by atomic mass is 10.1. The van der Waals surface area contributed by atoms with Gasteiger partial charge >= 0.3 is 0 Å². The monoisotopic (exact) mass is 269 g/mol. The lowest BCUT2D eigenvalue weighted by Gasteiger charge is -2.32. The van der Waals surface area contributed by atoms with E-state index in [2.05, 4.69) is 34.7 Å². The first-order chi connectivity index (χ1) is 8.58. The molecule has 0 radical (unpaired) electrons. The molecule has 1 aromatic heterocycles. The summed E-state index contributed by atoms with van der Waals surface area (Å²) in [5, 5.41) is 4.74. The normalized spacial score (nSPS) is 14.5. The summed E-state index contributed by atoms with van der Waals surface area (Å²) in [4.78, 5) is 15.0. The maximum absolute atomic E-state index is 11.4. The number of hydrogen-bond acceptors (Lipinski definition) is 4.